The van der Waals surface area contributed by atoms with Crippen LogP contribution < -0.4 is 0 Å². The Hall–Kier alpha value is -4.40. The van der Waals surface area contributed by atoms with Crippen molar-refractivity contribution in [1.82, 2.24) is 0 Å². The van der Waals surface area contributed by atoms with E-state index in [1.807, 2.05) is 6.92 Å². The lowest BCUT2D eigenvalue weighted by Crippen LogP contribution is -2.33. The summed E-state index contributed by atoms with van der Waals surface area (Å²) in [5, 5.41) is 12.6. The highest BCUT2D eigenvalue weighted by Crippen LogP contribution is 2.35. The summed E-state index contributed by atoms with van der Waals surface area (Å²) < 4.78 is 51.3. The predicted octanol–water partition coefficient (Wildman–Crippen LogP) is 11.7. The second-order valence-electron chi connectivity index (χ2n) is 12.9. The standard InChI is InChI=1S/C41H47F3O6/c1-3-5-7-9-10-11-12-14-24-49-39(47)32-21-22-34-30(27-32)20-23-35(38(45)46)37(34)31-18-16-29-26-33(19-17-28(29)25-31)40(48)50-36(41(42,43)44)15-13-8-6-4-2/h16-23,25-27,36H,3-15,24H2,1-2H3,(H,45,46). The van der Waals surface area contributed by atoms with E-state index in [4.69, 9.17) is 9.47 Å². The highest BCUT2D eigenvalue weighted by atomic mass is 19.4. The molecule has 1 atom stereocenters. The first-order valence-electron chi connectivity index (χ1n) is 17.8. The number of alkyl halides is 3. The van der Waals surface area contributed by atoms with Crippen LogP contribution in [0.2, 0.25) is 0 Å². The number of unbranched alkanes of at least 4 members (excludes halogenated alkanes) is 10. The zero-order valence-electron chi connectivity index (χ0n) is 29.0. The van der Waals surface area contributed by atoms with E-state index in [9.17, 15) is 32.7 Å². The third-order valence-corrected chi connectivity index (χ3v) is 9.02. The molecular weight excluding hydrogens is 645 g/mol. The minimum absolute atomic E-state index is 0.00808. The van der Waals surface area contributed by atoms with E-state index in [0.29, 0.717) is 57.7 Å². The molecule has 9 heteroatoms. The Balaban J connectivity index is 1.50. The molecule has 1 unspecified atom stereocenters. The van der Waals surface area contributed by atoms with Gasteiger partial charge in [0.1, 0.15) is 0 Å². The number of halogens is 3. The largest absolute Gasteiger partial charge is 0.478 e. The van der Waals surface area contributed by atoms with Gasteiger partial charge in [-0.3, -0.25) is 0 Å². The summed E-state index contributed by atoms with van der Waals surface area (Å²) in [6, 6.07) is 17.8. The molecule has 0 aliphatic heterocycles. The number of hydrogen-bond acceptors (Lipinski definition) is 5. The van der Waals surface area contributed by atoms with Crippen LogP contribution in [0.25, 0.3) is 32.7 Å². The van der Waals surface area contributed by atoms with Gasteiger partial charge in [0.05, 0.1) is 23.3 Å². The van der Waals surface area contributed by atoms with Crippen LogP contribution in [0.15, 0.2) is 66.7 Å². The van der Waals surface area contributed by atoms with Crippen LogP contribution in [-0.4, -0.2) is 41.9 Å². The summed E-state index contributed by atoms with van der Waals surface area (Å²) in [6.45, 7) is 4.50. The van der Waals surface area contributed by atoms with E-state index in [-0.39, 0.29) is 17.5 Å². The van der Waals surface area contributed by atoms with Crippen molar-refractivity contribution in [3.05, 3.63) is 83.4 Å². The minimum Gasteiger partial charge on any atom is -0.478 e. The van der Waals surface area contributed by atoms with Gasteiger partial charge in [-0.2, -0.15) is 13.2 Å². The topological polar surface area (TPSA) is 89.9 Å². The van der Waals surface area contributed by atoms with Crippen molar-refractivity contribution in [3.8, 4) is 11.1 Å². The molecule has 4 aromatic rings. The van der Waals surface area contributed by atoms with Crippen molar-refractivity contribution in [1.29, 1.82) is 0 Å². The Labute approximate surface area is 292 Å². The predicted molar refractivity (Wildman–Crippen MR) is 191 cm³/mol. The third kappa shape index (κ3) is 10.6. The van der Waals surface area contributed by atoms with Crippen LogP contribution >= 0.6 is 0 Å². The Morgan fingerprint density at radius 1 is 0.660 bits per heavy atom. The van der Waals surface area contributed by atoms with Crippen molar-refractivity contribution in [2.45, 2.75) is 110 Å². The van der Waals surface area contributed by atoms with Crippen LogP contribution in [0.5, 0.6) is 0 Å². The zero-order chi connectivity index (χ0) is 36.1. The molecule has 0 heterocycles. The number of hydrogen-bond donors (Lipinski definition) is 1. The average Bonchev–Trinajstić information content (AvgIpc) is 3.10. The van der Waals surface area contributed by atoms with E-state index in [1.165, 1.54) is 50.3 Å². The molecule has 0 saturated carbocycles. The monoisotopic (exact) mass is 692 g/mol. The van der Waals surface area contributed by atoms with Gasteiger partial charge < -0.3 is 14.6 Å². The van der Waals surface area contributed by atoms with Crippen LogP contribution in [0.4, 0.5) is 13.2 Å². The maximum absolute atomic E-state index is 13.6. The van der Waals surface area contributed by atoms with Crippen molar-refractivity contribution < 1.29 is 42.1 Å². The number of carboxylic acids is 1. The Kier molecular flexibility index (Phi) is 14.2. The highest BCUT2D eigenvalue weighted by Gasteiger charge is 2.42. The lowest BCUT2D eigenvalue weighted by Gasteiger charge is -2.21. The van der Waals surface area contributed by atoms with Crippen molar-refractivity contribution in [2.75, 3.05) is 6.61 Å². The van der Waals surface area contributed by atoms with E-state index in [1.54, 1.807) is 48.5 Å². The summed E-state index contributed by atoms with van der Waals surface area (Å²) in [5.74, 6) is -2.61. The van der Waals surface area contributed by atoms with Gasteiger partial charge in [0.2, 0.25) is 0 Å². The third-order valence-electron chi connectivity index (χ3n) is 9.02. The Morgan fingerprint density at radius 2 is 1.22 bits per heavy atom. The van der Waals surface area contributed by atoms with Gasteiger partial charge in [-0.25, -0.2) is 14.4 Å². The quantitative estimate of drug-likeness (QED) is 0.0777. The zero-order valence-corrected chi connectivity index (χ0v) is 29.0. The number of esters is 2. The smallest absolute Gasteiger partial charge is 0.425 e. The van der Waals surface area contributed by atoms with Gasteiger partial charge in [0, 0.05) is 5.56 Å². The van der Waals surface area contributed by atoms with Crippen LogP contribution in [0.1, 0.15) is 128 Å². The molecule has 0 saturated heterocycles. The van der Waals surface area contributed by atoms with Crippen molar-refractivity contribution in [3.63, 3.8) is 0 Å². The molecule has 0 bridgehead atoms. The number of carbonyl (C=O) groups is 3. The summed E-state index contributed by atoms with van der Waals surface area (Å²) in [4.78, 5) is 37.9. The molecule has 4 rings (SSSR count). The number of benzene rings is 4. The van der Waals surface area contributed by atoms with Crippen LogP contribution in [0, 0.1) is 0 Å². The van der Waals surface area contributed by atoms with Crippen LogP contribution in [0.3, 0.4) is 0 Å². The Bertz CT molecular complexity index is 1760. The molecule has 268 valence electrons. The number of carbonyl (C=O) groups excluding carboxylic acids is 2. The van der Waals surface area contributed by atoms with Gasteiger partial charge in [-0.05, 0) is 82.8 Å². The molecule has 0 aliphatic rings. The summed E-state index contributed by atoms with van der Waals surface area (Å²) in [5.41, 5.74) is 1.48. The fraction of sp³-hybridized carbons (Fsp3) is 0.439. The lowest BCUT2D eigenvalue weighted by molar-refractivity contribution is -0.206. The molecule has 6 nitrogen and oxygen atoms in total. The van der Waals surface area contributed by atoms with Gasteiger partial charge in [-0.1, -0.05) is 108 Å². The molecule has 4 aromatic carbocycles. The SMILES string of the molecule is CCCCCCCCCCOC(=O)c1ccc2c(-c3ccc4cc(C(=O)OC(CCCCCC)C(F)(F)F)ccc4c3)c(C(=O)O)ccc2c1. The van der Waals surface area contributed by atoms with Gasteiger partial charge in [0.15, 0.2) is 6.10 Å². The van der Waals surface area contributed by atoms with E-state index < -0.39 is 30.2 Å². The first-order chi connectivity index (χ1) is 24.0. The fourth-order valence-corrected chi connectivity index (χ4v) is 6.20. The molecular formula is C41H47F3O6. The summed E-state index contributed by atoms with van der Waals surface area (Å²) in [6.07, 6.45) is 4.61. The summed E-state index contributed by atoms with van der Waals surface area (Å²) >= 11 is 0. The number of rotatable bonds is 19. The first-order valence-corrected chi connectivity index (χ1v) is 17.8. The molecule has 0 radical (unpaired) electrons. The first kappa shape index (κ1) is 38.4. The molecule has 0 amide bonds. The molecule has 1 N–H and O–H groups in total. The number of ether oxygens (including phenoxy) is 2. The number of carboxylic acid groups (broad SMARTS) is 1. The Morgan fingerprint density at radius 3 is 1.90 bits per heavy atom. The van der Waals surface area contributed by atoms with Gasteiger partial charge >= 0.3 is 24.1 Å². The van der Waals surface area contributed by atoms with Gasteiger partial charge in [-0.15, -0.1) is 0 Å². The highest BCUT2D eigenvalue weighted by molar-refractivity contribution is 6.10. The van der Waals surface area contributed by atoms with Crippen LogP contribution in [-0.2, 0) is 9.47 Å². The minimum atomic E-state index is -4.66. The maximum atomic E-state index is 13.6. The van der Waals surface area contributed by atoms with E-state index in [0.717, 1.165) is 32.1 Å². The number of fused-ring (bicyclic) bond motifs is 2. The maximum Gasteiger partial charge on any atom is 0.425 e. The molecule has 50 heavy (non-hydrogen) atoms. The molecule has 0 aliphatic carbocycles. The molecule has 0 aromatic heterocycles. The van der Waals surface area contributed by atoms with Gasteiger partial charge in [0.25, 0.3) is 0 Å². The fourth-order valence-electron chi connectivity index (χ4n) is 6.20. The van der Waals surface area contributed by atoms with E-state index in [2.05, 4.69) is 6.92 Å². The summed E-state index contributed by atoms with van der Waals surface area (Å²) in [7, 11) is 0. The van der Waals surface area contributed by atoms with Crippen molar-refractivity contribution >= 4 is 39.5 Å². The average molecular weight is 693 g/mol. The second kappa shape index (κ2) is 18.6. The molecule has 0 spiro atoms. The lowest BCUT2D eigenvalue weighted by atomic mass is 9.91. The normalized spacial score (nSPS) is 12.3. The second-order valence-corrected chi connectivity index (χ2v) is 12.9. The van der Waals surface area contributed by atoms with E-state index >= 15 is 0 Å². The van der Waals surface area contributed by atoms with Crippen molar-refractivity contribution in [2.24, 2.45) is 0 Å². The molecule has 0 fully saturated rings. The number of aromatic carboxylic acids is 1.